The van der Waals surface area contributed by atoms with Gasteiger partial charge < -0.3 is 9.47 Å². The van der Waals surface area contributed by atoms with Crippen molar-refractivity contribution >= 4 is 0 Å². The summed E-state index contributed by atoms with van der Waals surface area (Å²) >= 11 is 0. The van der Waals surface area contributed by atoms with Gasteiger partial charge in [-0.3, -0.25) is 0 Å². The van der Waals surface area contributed by atoms with Crippen LogP contribution in [0, 0.1) is 0 Å². The zero-order valence-electron chi connectivity index (χ0n) is 7.86. The lowest BCUT2D eigenvalue weighted by atomic mass is 10.3. The van der Waals surface area contributed by atoms with Crippen LogP contribution in [0.4, 0.5) is 0 Å². The van der Waals surface area contributed by atoms with Gasteiger partial charge in [0, 0.05) is 6.07 Å². The van der Waals surface area contributed by atoms with Gasteiger partial charge in [-0.05, 0) is 19.9 Å². The zero-order valence-corrected chi connectivity index (χ0v) is 7.86. The van der Waals surface area contributed by atoms with Crippen LogP contribution in [0.25, 0.3) is 0 Å². The quantitative estimate of drug-likeness (QED) is 0.665. The topological polar surface area (TPSA) is 34.6 Å². The summed E-state index contributed by atoms with van der Waals surface area (Å²) in [6.07, 6.45) is 0.374. The van der Waals surface area contributed by atoms with Gasteiger partial charge in [0.1, 0.15) is 6.10 Å². The fourth-order valence-electron chi connectivity index (χ4n) is 1.14. The largest absolute Gasteiger partial charge is 0.475 e. The van der Waals surface area contributed by atoms with Crippen LogP contribution < -0.4 is 4.74 Å². The Morgan fingerprint density at radius 2 is 2.31 bits per heavy atom. The average molecular weight is 179 g/mol. The van der Waals surface area contributed by atoms with Crippen molar-refractivity contribution in [3.05, 3.63) is 23.9 Å². The molecule has 1 aromatic rings. The summed E-state index contributed by atoms with van der Waals surface area (Å²) < 4.78 is 10.6. The number of hydrogen-bond donors (Lipinski definition) is 0. The Bertz CT molecular complexity index is 295. The van der Waals surface area contributed by atoms with Crippen molar-refractivity contribution < 1.29 is 9.47 Å². The smallest absolute Gasteiger partial charge is 0.213 e. The predicted molar refractivity (Wildman–Crippen MR) is 48.7 cm³/mol. The van der Waals surface area contributed by atoms with E-state index in [1.54, 1.807) is 0 Å². The molecule has 0 N–H and O–H groups in total. The third kappa shape index (κ3) is 2.18. The van der Waals surface area contributed by atoms with Crippen LogP contribution in [0.15, 0.2) is 18.2 Å². The van der Waals surface area contributed by atoms with Crippen molar-refractivity contribution in [2.75, 3.05) is 6.61 Å². The summed E-state index contributed by atoms with van der Waals surface area (Å²) in [5.74, 6) is 0.683. The molecule has 0 amide bonds. The second kappa shape index (κ2) is 3.34. The highest BCUT2D eigenvalue weighted by molar-refractivity contribution is 5.19. The summed E-state index contributed by atoms with van der Waals surface area (Å²) in [5.41, 5.74) is 0.971. The highest BCUT2D eigenvalue weighted by Gasteiger charge is 2.26. The number of aromatic nitrogens is 1. The molecule has 0 aliphatic carbocycles. The molecule has 2 rings (SSSR count). The molecular formula is C10H13NO2. The van der Waals surface area contributed by atoms with Crippen molar-refractivity contribution in [2.45, 2.75) is 26.1 Å². The first-order chi connectivity index (χ1) is 6.25. The Balaban J connectivity index is 2.12. The van der Waals surface area contributed by atoms with Crippen LogP contribution in [0.2, 0.25) is 0 Å². The Kier molecular flexibility index (Phi) is 2.19. The molecule has 70 valence electrons. The summed E-state index contributed by atoms with van der Waals surface area (Å²) in [4.78, 5) is 4.33. The van der Waals surface area contributed by atoms with E-state index in [0.29, 0.717) is 5.88 Å². The van der Waals surface area contributed by atoms with Crippen molar-refractivity contribution in [3.63, 3.8) is 0 Å². The standard InChI is InChI=1S/C10H13NO2/c1-7(2)13-10-5-3-4-8(11-10)9-6-12-9/h3-5,7,9H,6H2,1-2H3/t9-/m0/s1. The van der Waals surface area contributed by atoms with Crippen LogP contribution in [-0.4, -0.2) is 17.7 Å². The van der Waals surface area contributed by atoms with Gasteiger partial charge in [0.25, 0.3) is 0 Å². The Hall–Kier alpha value is -1.09. The molecule has 2 heterocycles. The van der Waals surface area contributed by atoms with Crippen molar-refractivity contribution in [2.24, 2.45) is 0 Å². The van der Waals surface area contributed by atoms with Gasteiger partial charge in [0.2, 0.25) is 5.88 Å². The van der Waals surface area contributed by atoms with Crippen LogP contribution in [-0.2, 0) is 4.74 Å². The molecule has 1 aliphatic rings. The minimum Gasteiger partial charge on any atom is -0.475 e. The van der Waals surface area contributed by atoms with E-state index in [1.165, 1.54) is 0 Å². The number of nitrogens with zero attached hydrogens (tertiary/aromatic N) is 1. The van der Waals surface area contributed by atoms with Crippen LogP contribution >= 0.6 is 0 Å². The monoisotopic (exact) mass is 179 g/mol. The maximum absolute atomic E-state index is 5.47. The lowest BCUT2D eigenvalue weighted by molar-refractivity contribution is 0.231. The molecule has 3 heteroatoms. The third-order valence-corrected chi connectivity index (χ3v) is 1.76. The van der Waals surface area contributed by atoms with Gasteiger partial charge in [0.05, 0.1) is 18.4 Å². The summed E-state index contributed by atoms with van der Waals surface area (Å²) in [6.45, 7) is 4.77. The van der Waals surface area contributed by atoms with Gasteiger partial charge in [-0.15, -0.1) is 0 Å². The van der Waals surface area contributed by atoms with E-state index in [2.05, 4.69) is 4.98 Å². The van der Waals surface area contributed by atoms with Crippen molar-refractivity contribution in [3.8, 4) is 5.88 Å². The zero-order chi connectivity index (χ0) is 9.26. The normalized spacial score (nSPS) is 20.4. The van der Waals surface area contributed by atoms with Gasteiger partial charge in [0.15, 0.2) is 0 Å². The van der Waals surface area contributed by atoms with E-state index in [0.717, 1.165) is 12.3 Å². The van der Waals surface area contributed by atoms with Gasteiger partial charge >= 0.3 is 0 Å². The number of hydrogen-bond acceptors (Lipinski definition) is 3. The Morgan fingerprint density at radius 3 is 2.92 bits per heavy atom. The molecule has 0 unspecified atom stereocenters. The first-order valence-electron chi connectivity index (χ1n) is 4.51. The minimum atomic E-state index is 0.169. The summed E-state index contributed by atoms with van der Waals surface area (Å²) in [7, 11) is 0. The van der Waals surface area contributed by atoms with E-state index in [9.17, 15) is 0 Å². The maximum Gasteiger partial charge on any atom is 0.213 e. The number of pyridine rings is 1. The predicted octanol–water partition coefficient (Wildman–Crippen LogP) is 1.94. The molecule has 1 aliphatic heterocycles. The molecule has 1 aromatic heterocycles. The lowest BCUT2D eigenvalue weighted by Gasteiger charge is -2.08. The van der Waals surface area contributed by atoms with Gasteiger partial charge in [-0.1, -0.05) is 6.07 Å². The summed E-state index contributed by atoms with van der Waals surface area (Å²) in [6, 6.07) is 5.78. The molecular weight excluding hydrogens is 166 g/mol. The molecule has 0 spiro atoms. The summed E-state index contributed by atoms with van der Waals surface area (Å²) in [5, 5.41) is 0. The van der Waals surface area contributed by atoms with Crippen LogP contribution in [0.1, 0.15) is 25.6 Å². The van der Waals surface area contributed by atoms with E-state index >= 15 is 0 Å². The highest BCUT2D eigenvalue weighted by Crippen LogP contribution is 2.29. The Morgan fingerprint density at radius 1 is 1.54 bits per heavy atom. The first-order valence-corrected chi connectivity index (χ1v) is 4.51. The fraction of sp³-hybridized carbons (Fsp3) is 0.500. The molecule has 0 radical (unpaired) electrons. The Labute approximate surface area is 77.7 Å². The van der Waals surface area contributed by atoms with E-state index in [1.807, 2.05) is 32.0 Å². The van der Waals surface area contributed by atoms with Crippen LogP contribution in [0.5, 0.6) is 5.88 Å². The maximum atomic E-state index is 5.47. The first kappa shape index (κ1) is 8.51. The van der Waals surface area contributed by atoms with Gasteiger partial charge in [-0.2, -0.15) is 0 Å². The number of rotatable bonds is 3. The molecule has 1 fully saturated rings. The number of epoxide rings is 1. The fourth-order valence-corrected chi connectivity index (χ4v) is 1.14. The molecule has 0 aromatic carbocycles. The molecule has 1 saturated heterocycles. The number of ether oxygens (including phenoxy) is 2. The van der Waals surface area contributed by atoms with E-state index in [4.69, 9.17) is 9.47 Å². The third-order valence-electron chi connectivity index (χ3n) is 1.76. The second-order valence-corrected chi connectivity index (χ2v) is 3.39. The molecule has 1 atom stereocenters. The molecule has 0 bridgehead atoms. The van der Waals surface area contributed by atoms with E-state index in [-0.39, 0.29) is 12.2 Å². The molecule has 0 saturated carbocycles. The van der Waals surface area contributed by atoms with Crippen molar-refractivity contribution in [1.29, 1.82) is 0 Å². The SMILES string of the molecule is CC(C)Oc1cccc([C@@H]2CO2)n1. The minimum absolute atomic E-state index is 0.169. The highest BCUT2D eigenvalue weighted by atomic mass is 16.6. The van der Waals surface area contributed by atoms with Gasteiger partial charge in [-0.25, -0.2) is 4.98 Å². The lowest BCUT2D eigenvalue weighted by Crippen LogP contribution is -2.07. The second-order valence-electron chi connectivity index (χ2n) is 3.39. The molecule has 13 heavy (non-hydrogen) atoms. The van der Waals surface area contributed by atoms with Crippen molar-refractivity contribution in [1.82, 2.24) is 4.98 Å². The average Bonchev–Trinajstić information content (AvgIpc) is 2.85. The van der Waals surface area contributed by atoms with E-state index < -0.39 is 0 Å². The van der Waals surface area contributed by atoms with Crippen LogP contribution in [0.3, 0.4) is 0 Å². The molecule has 3 nitrogen and oxygen atoms in total.